The maximum atomic E-state index is 12.1. The fraction of sp³-hybridized carbons (Fsp3) is 0.263. The number of amides is 1. The molecule has 0 saturated heterocycles. The van der Waals surface area contributed by atoms with Crippen LogP contribution in [0.25, 0.3) is 0 Å². The van der Waals surface area contributed by atoms with Crippen LogP contribution >= 0.6 is 11.8 Å². The van der Waals surface area contributed by atoms with Gasteiger partial charge in [0.1, 0.15) is 0 Å². The summed E-state index contributed by atoms with van der Waals surface area (Å²) in [5, 5.41) is 2.84. The zero-order chi connectivity index (χ0) is 16.7. The highest BCUT2D eigenvalue weighted by atomic mass is 32.2. The maximum absolute atomic E-state index is 12.1. The highest BCUT2D eigenvalue weighted by Crippen LogP contribution is 2.19. The fourth-order valence-corrected chi connectivity index (χ4v) is 2.68. The molecule has 0 aliphatic carbocycles. The maximum Gasteiger partial charge on any atom is 0.224 e. The van der Waals surface area contributed by atoms with Crippen molar-refractivity contribution in [3.63, 3.8) is 0 Å². The van der Waals surface area contributed by atoms with E-state index < -0.39 is 0 Å². The number of hydrogen-bond acceptors (Lipinski definition) is 3. The van der Waals surface area contributed by atoms with Gasteiger partial charge in [0.15, 0.2) is 5.78 Å². The Hall–Kier alpha value is -2.07. The van der Waals surface area contributed by atoms with Gasteiger partial charge >= 0.3 is 0 Å². The van der Waals surface area contributed by atoms with Crippen molar-refractivity contribution in [1.29, 1.82) is 0 Å². The van der Waals surface area contributed by atoms with Crippen LogP contribution < -0.4 is 5.32 Å². The summed E-state index contributed by atoms with van der Waals surface area (Å²) >= 11 is 1.62. The molecule has 1 amide bonds. The van der Waals surface area contributed by atoms with E-state index in [0.29, 0.717) is 5.56 Å². The molecule has 0 aliphatic rings. The summed E-state index contributed by atoms with van der Waals surface area (Å²) in [6.07, 6.45) is 3.35. The largest absolute Gasteiger partial charge is 0.326 e. The Morgan fingerprint density at radius 2 is 1.78 bits per heavy atom. The molecule has 0 saturated carbocycles. The monoisotopic (exact) mass is 327 g/mol. The van der Waals surface area contributed by atoms with Gasteiger partial charge in [-0.1, -0.05) is 37.3 Å². The Morgan fingerprint density at radius 1 is 1.04 bits per heavy atom. The van der Waals surface area contributed by atoms with E-state index in [1.54, 1.807) is 11.8 Å². The zero-order valence-electron chi connectivity index (χ0n) is 13.5. The molecule has 0 radical (unpaired) electrons. The van der Waals surface area contributed by atoms with Gasteiger partial charge in [-0.2, -0.15) is 0 Å². The Balaban J connectivity index is 1.86. The van der Waals surface area contributed by atoms with Crippen LogP contribution in [0, 0.1) is 0 Å². The van der Waals surface area contributed by atoms with E-state index in [-0.39, 0.29) is 24.5 Å². The Labute approximate surface area is 141 Å². The Kier molecular flexibility index (Phi) is 6.41. The molecule has 0 bridgehead atoms. The van der Waals surface area contributed by atoms with E-state index in [1.807, 2.05) is 54.8 Å². The molecular formula is C19H21NO2S. The first-order chi connectivity index (χ1) is 11.1. The summed E-state index contributed by atoms with van der Waals surface area (Å²) in [5.74, 6) is -0.137. The molecule has 0 aromatic heterocycles. The average Bonchev–Trinajstić information content (AvgIpc) is 2.60. The zero-order valence-corrected chi connectivity index (χ0v) is 14.3. The highest BCUT2D eigenvalue weighted by Gasteiger charge is 2.10. The van der Waals surface area contributed by atoms with E-state index >= 15 is 0 Å². The number of carbonyl (C=O) groups excluding carboxylic acids is 2. The molecule has 3 nitrogen and oxygen atoms in total. The van der Waals surface area contributed by atoms with Crippen LogP contribution in [0.3, 0.4) is 0 Å². The van der Waals surface area contributed by atoms with Crippen molar-refractivity contribution in [3.8, 4) is 0 Å². The second kappa shape index (κ2) is 8.53. The summed E-state index contributed by atoms with van der Waals surface area (Å²) in [4.78, 5) is 25.2. The summed E-state index contributed by atoms with van der Waals surface area (Å²) in [6, 6.07) is 15.3. The van der Waals surface area contributed by atoms with Gasteiger partial charge in [0.05, 0.1) is 0 Å². The van der Waals surface area contributed by atoms with Gasteiger partial charge in [-0.15, -0.1) is 11.8 Å². The second-order valence-electron chi connectivity index (χ2n) is 5.25. The molecule has 0 atom stereocenters. The van der Waals surface area contributed by atoms with Gasteiger partial charge in [0.2, 0.25) is 5.91 Å². The van der Waals surface area contributed by atoms with Crippen molar-refractivity contribution in [2.24, 2.45) is 0 Å². The van der Waals surface area contributed by atoms with E-state index in [9.17, 15) is 9.59 Å². The molecule has 2 rings (SSSR count). The summed E-state index contributed by atoms with van der Waals surface area (Å²) in [6.45, 7) is 2.08. The van der Waals surface area contributed by atoms with Gasteiger partial charge in [-0.25, -0.2) is 0 Å². The standard InChI is InChI=1S/C19H21NO2S/c1-3-14-7-9-15(10-8-14)18(21)11-12-19(22)20-16-5-4-6-17(13-16)23-2/h4-10,13H,3,11-12H2,1-2H3,(H,20,22). The SMILES string of the molecule is CCc1ccc(C(=O)CCC(=O)Nc2cccc(SC)c2)cc1. The van der Waals surface area contributed by atoms with Gasteiger partial charge < -0.3 is 5.32 Å². The normalized spacial score (nSPS) is 10.3. The van der Waals surface area contributed by atoms with Crippen molar-refractivity contribution in [3.05, 3.63) is 59.7 Å². The fourth-order valence-electron chi connectivity index (χ4n) is 2.22. The van der Waals surface area contributed by atoms with Crippen LogP contribution in [-0.2, 0) is 11.2 Å². The lowest BCUT2D eigenvalue weighted by Crippen LogP contribution is -2.13. The number of benzene rings is 2. The lowest BCUT2D eigenvalue weighted by atomic mass is 10.0. The first kappa shape index (κ1) is 17.3. The minimum absolute atomic E-state index is 0.000618. The van der Waals surface area contributed by atoms with Crippen molar-refractivity contribution in [1.82, 2.24) is 0 Å². The predicted molar refractivity (Wildman–Crippen MR) is 96.2 cm³/mol. The van der Waals surface area contributed by atoms with Crippen molar-refractivity contribution in [2.45, 2.75) is 31.1 Å². The molecule has 0 fully saturated rings. The van der Waals surface area contributed by atoms with Crippen LogP contribution in [-0.4, -0.2) is 17.9 Å². The molecule has 0 unspecified atom stereocenters. The molecule has 2 aromatic rings. The molecule has 0 heterocycles. The molecule has 0 spiro atoms. The number of rotatable bonds is 7. The smallest absolute Gasteiger partial charge is 0.224 e. The minimum Gasteiger partial charge on any atom is -0.326 e. The number of hydrogen-bond donors (Lipinski definition) is 1. The molecule has 0 aliphatic heterocycles. The van der Waals surface area contributed by atoms with Gasteiger partial charge in [0, 0.05) is 29.0 Å². The third kappa shape index (κ3) is 5.25. The van der Waals surface area contributed by atoms with E-state index in [2.05, 4.69) is 12.2 Å². The van der Waals surface area contributed by atoms with E-state index in [0.717, 1.165) is 17.0 Å². The first-order valence-electron chi connectivity index (χ1n) is 7.68. The van der Waals surface area contributed by atoms with Crippen LogP contribution in [0.2, 0.25) is 0 Å². The van der Waals surface area contributed by atoms with Crippen LogP contribution in [0.15, 0.2) is 53.4 Å². The molecule has 4 heteroatoms. The summed E-state index contributed by atoms with van der Waals surface area (Å²) in [5.41, 5.74) is 2.63. The van der Waals surface area contributed by atoms with Crippen LogP contribution in [0.4, 0.5) is 5.69 Å². The average molecular weight is 327 g/mol. The van der Waals surface area contributed by atoms with Crippen molar-refractivity contribution < 1.29 is 9.59 Å². The second-order valence-corrected chi connectivity index (χ2v) is 6.13. The predicted octanol–water partition coefficient (Wildman–Crippen LogP) is 4.57. The van der Waals surface area contributed by atoms with E-state index in [4.69, 9.17) is 0 Å². The number of aryl methyl sites for hydroxylation is 1. The van der Waals surface area contributed by atoms with Crippen LogP contribution in [0.1, 0.15) is 35.7 Å². The number of carbonyl (C=O) groups is 2. The quantitative estimate of drug-likeness (QED) is 0.598. The third-order valence-corrected chi connectivity index (χ3v) is 4.34. The third-order valence-electron chi connectivity index (χ3n) is 3.62. The molecule has 120 valence electrons. The number of nitrogens with one attached hydrogen (secondary N) is 1. The lowest BCUT2D eigenvalue weighted by Gasteiger charge is -2.06. The molecule has 1 N–H and O–H groups in total. The number of ketones is 1. The highest BCUT2D eigenvalue weighted by molar-refractivity contribution is 7.98. The lowest BCUT2D eigenvalue weighted by molar-refractivity contribution is -0.116. The van der Waals surface area contributed by atoms with Gasteiger partial charge in [-0.05, 0) is 36.4 Å². The molecule has 2 aromatic carbocycles. The Morgan fingerprint density at radius 3 is 2.43 bits per heavy atom. The van der Waals surface area contributed by atoms with E-state index in [1.165, 1.54) is 5.56 Å². The van der Waals surface area contributed by atoms with Gasteiger partial charge in [0.25, 0.3) is 0 Å². The molecular weight excluding hydrogens is 306 g/mol. The number of anilines is 1. The number of Topliss-reactive ketones (excluding diaryl/α,β-unsaturated/α-hetero) is 1. The minimum atomic E-state index is -0.137. The summed E-state index contributed by atoms with van der Waals surface area (Å²) < 4.78 is 0. The van der Waals surface area contributed by atoms with Crippen LogP contribution in [0.5, 0.6) is 0 Å². The Bertz CT molecular complexity index is 680. The topological polar surface area (TPSA) is 46.2 Å². The molecule has 23 heavy (non-hydrogen) atoms. The van der Waals surface area contributed by atoms with Crippen molar-refractivity contribution in [2.75, 3.05) is 11.6 Å². The van der Waals surface area contributed by atoms with Crippen molar-refractivity contribution >= 4 is 29.1 Å². The summed E-state index contributed by atoms with van der Waals surface area (Å²) in [7, 11) is 0. The van der Waals surface area contributed by atoms with Gasteiger partial charge in [-0.3, -0.25) is 9.59 Å². The first-order valence-corrected chi connectivity index (χ1v) is 8.91. The number of thioether (sulfide) groups is 1.